The molecular weight excluding hydrogens is 767 g/mol. The standard InChI is InChI=1S/C42H46ClFN8O6/c43-33-19-29(4-1-26(33)22-45)58-28-5-2-27(3-6-28)48-39(54)35(46)7-9-37(47)51-17-11-24(12-18-51)23-50-15-13-25(14-16-50)30-20-31-32(21-34(30)44)42(57)52(41(31)56)36-8-10-38(53)49-40(36)55/h1,4,7,9,19-21,24-25,27-28,36,46-47H,2-3,5-6,8,10-18,23H2,(H,48,54)(H,49,53,55)/b9-7-,46-35?,47-37?. The zero-order chi connectivity index (χ0) is 41.1. The second-order valence-electron chi connectivity index (χ2n) is 15.8. The van der Waals surface area contributed by atoms with Crippen molar-refractivity contribution in [3.63, 3.8) is 0 Å². The largest absolute Gasteiger partial charge is 0.490 e. The van der Waals surface area contributed by atoms with Crippen LogP contribution in [0, 0.1) is 33.9 Å². The van der Waals surface area contributed by atoms with E-state index in [9.17, 15) is 24.0 Å². The lowest BCUT2D eigenvalue weighted by atomic mass is 9.86. The van der Waals surface area contributed by atoms with E-state index in [-0.39, 0.29) is 53.6 Å². The minimum atomic E-state index is -1.10. The minimum absolute atomic E-state index is 0.0120. The fraction of sp³-hybridized carbons (Fsp3) is 0.476. The number of rotatable bonds is 10. The summed E-state index contributed by atoms with van der Waals surface area (Å²) < 4.78 is 21.5. The summed E-state index contributed by atoms with van der Waals surface area (Å²) in [6.07, 6.45) is 8.91. The molecule has 0 spiro atoms. The molecule has 7 rings (SSSR count). The number of amides is 5. The molecule has 2 aromatic carbocycles. The molecule has 1 unspecified atom stereocenters. The van der Waals surface area contributed by atoms with Gasteiger partial charge in [-0.1, -0.05) is 11.6 Å². The van der Waals surface area contributed by atoms with Crippen LogP contribution in [0.1, 0.15) is 102 Å². The Morgan fingerprint density at radius 2 is 1.62 bits per heavy atom. The van der Waals surface area contributed by atoms with Crippen LogP contribution in [-0.2, 0) is 14.4 Å². The monoisotopic (exact) mass is 812 g/mol. The number of carbonyl (C=O) groups is 5. The molecule has 3 saturated heterocycles. The summed E-state index contributed by atoms with van der Waals surface area (Å²) in [5, 5.41) is 31.4. The van der Waals surface area contributed by atoms with Crippen molar-refractivity contribution in [2.24, 2.45) is 5.92 Å². The van der Waals surface area contributed by atoms with Crippen LogP contribution in [0.3, 0.4) is 0 Å². The summed E-state index contributed by atoms with van der Waals surface area (Å²) in [5.41, 5.74) is 0.617. The number of amidine groups is 1. The molecule has 4 heterocycles. The van der Waals surface area contributed by atoms with Crippen molar-refractivity contribution in [1.82, 2.24) is 25.3 Å². The van der Waals surface area contributed by atoms with Gasteiger partial charge in [-0.2, -0.15) is 5.26 Å². The van der Waals surface area contributed by atoms with Gasteiger partial charge in [0.25, 0.3) is 17.7 Å². The van der Waals surface area contributed by atoms with Crippen LogP contribution in [0.5, 0.6) is 5.75 Å². The summed E-state index contributed by atoms with van der Waals surface area (Å²) in [5.74, 6) is -2.38. The lowest BCUT2D eigenvalue weighted by Crippen LogP contribution is -2.54. The molecule has 1 saturated carbocycles. The fourth-order valence-corrected chi connectivity index (χ4v) is 8.96. The molecule has 4 N–H and O–H groups in total. The number of carbonyl (C=O) groups excluding carboxylic acids is 5. The van der Waals surface area contributed by atoms with Crippen LogP contribution >= 0.6 is 11.6 Å². The number of nitrogens with one attached hydrogen (secondary N) is 4. The van der Waals surface area contributed by atoms with Crippen LogP contribution in [0.4, 0.5) is 4.39 Å². The quantitative estimate of drug-likeness (QED) is 0.149. The van der Waals surface area contributed by atoms with Gasteiger partial charge in [0.1, 0.15) is 35.2 Å². The molecule has 5 amide bonds. The van der Waals surface area contributed by atoms with Crippen molar-refractivity contribution >= 4 is 52.7 Å². The van der Waals surface area contributed by atoms with E-state index in [1.54, 1.807) is 18.2 Å². The van der Waals surface area contributed by atoms with Gasteiger partial charge in [-0.15, -0.1) is 0 Å². The van der Waals surface area contributed by atoms with E-state index in [0.717, 1.165) is 56.3 Å². The average Bonchev–Trinajstić information content (AvgIpc) is 3.45. The van der Waals surface area contributed by atoms with Crippen molar-refractivity contribution < 1.29 is 33.1 Å². The fourth-order valence-electron chi connectivity index (χ4n) is 8.75. The normalized spacial score (nSPS) is 23.4. The molecular formula is C42H46ClFN8O6. The third kappa shape index (κ3) is 8.98. The summed E-state index contributed by atoms with van der Waals surface area (Å²) >= 11 is 6.12. The number of piperidine rings is 3. The predicted octanol–water partition coefficient (Wildman–Crippen LogP) is 4.70. The lowest BCUT2D eigenvalue weighted by Gasteiger charge is -2.38. The number of hydrogen-bond donors (Lipinski definition) is 4. The highest BCUT2D eigenvalue weighted by Gasteiger charge is 2.45. The maximum Gasteiger partial charge on any atom is 0.269 e. The Morgan fingerprint density at radius 1 is 0.931 bits per heavy atom. The molecule has 14 nitrogen and oxygen atoms in total. The van der Waals surface area contributed by atoms with E-state index >= 15 is 4.39 Å². The predicted molar refractivity (Wildman–Crippen MR) is 211 cm³/mol. The van der Waals surface area contributed by atoms with E-state index in [1.807, 2.05) is 11.0 Å². The van der Waals surface area contributed by atoms with Crippen molar-refractivity contribution in [2.75, 3.05) is 32.7 Å². The Hall–Kier alpha value is -5.46. The smallest absolute Gasteiger partial charge is 0.269 e. The minimum Gasteiger partial charge on any atom is -0.490 e. The zero-order valence-electron chi connectivity index (χ0n) is 32.0. The van der Waals surface area contributed by atoms with E-state index in [4.69, 9.17) is 32.4 Å². The molecule has 2 aromatic rings. The van der Waals surface area contributed by atoms with Gasteiger partial charge in [0.15, 0.2) is 0 Å². The topological polar surface area (TPSA) is 200 Å². The second kappa shape index (κ2) is 17.6. The van der Waals surface area contributed by atoms with Gasteiger partial charge < -0.3 is 19.9 Å². The Bertz CT molecular complexity index is 2100. The first-order chi connectivity index (χ1) is 27.9. The number of hydrogen-bond acceptors (Lipinski definition) is 10. The van der Waals surface area contributed by atoms with Gasteiger partial charge in [0.2, 0.25) is 11.8 Å². The third-order valence-corrected chi connectivity index (χ3v) is 12.4. The van der Waals surface area contributed by atoms with Crippen LogP contribution in [0.15, 0.2) is 42.5 Å². The Kier molecular flexibility index (Phi) is 12.3. The Balaban J connectivity index is 0.811. The molecule has 4 aliphatic heterocycles. The number of ether oxygens (including phenoxy) is 1. The SMILES string of the molecule is N#Cc1ccc(OC2CCC(NC(=O)C(=N)/C=C\C(=N)N3CCC(CN4CCC(c5cc6c(cc5F)C(=O)N(C5CCC(=O)NC5=O)C6=O)CC4)CC3)CC2)cc1Cl. The maximum atomic E-state index is 15.4. The summed E-state index contributed by atoms with van der Waals surface area (Å²) in [4.78, 5) is 68.3. The molecule has 1 aliphatic carbocycles. The first-order valence-corrected chi connectivity index (χ1v) is 20.3. The maximum absolute atomic E-state index is 15.4. The lowest BCUT2D eigenvalue weighted by molar-refractivity contribution is -0.136. The summed E-state index contributed by atoms with van der Waals surface area (Å²) in [6, 6.07) is 8.43. The first kappa shape index (κ1) is 40.7. The molecule has 1 atom stereocenters. The van der Waals surface area contributed by atoms with Crippen molar-refractivity contribution in [3.8, 4) is 11.8 Å². The highest BCUT2D eigenvalue weighted by molar-refractivity contribution is 6.42. The van der Waals surface area contributed by atoms with Gasteiger partial charge >= 0.3 is 0 Å². The van der Waals surface area contributed by atoms with Gasteiger partial charge in [-0.3, -0.25) is 45.0 Å². The first-order valence-electron chi connectivity index (χ1n) is 19.9. The highest BCUT2D eigenvalue weighted by Crippen LogP contribution is 2.36. The van der Waals surface area contributed by atoms with Crippen LogP contribution in [0.25, 0.3) is 0 Å². The number of halogens is 2. The molecule has 4 fully saturated rings. The molecule has 0 radical (unpaired) electrons. The van der Waals surface area contributed by atoms with Crippen molar-refractivity contribution in [1.29, 1.82) is 16.1 Å². The number of fused-ring (bicyclic) bond motifs is 1. The summed E-state index contributed by atoms with van der Waals surface area (Å²) in [7, 11) is 0. The average molecular weight is 813 g/mol. The van der Waals surface area contributed by atoms with E-state index in [0.29, 0.717) is 66.6 Å². The number of nitrogens with zero attached hydrogens (tertiary/aromatic N) is 4. The molecule has 0 bridgehead atoms. The van der Waals surface area contributed by atoms with Crippen molar-refractivity contribution in [3.05, 3.63) is 75.6 Å². The number of imide groups is 2. The van der Waals surface area contributed by atoms with E-state index in [1.165, 1.54) is 18.2 Å². The Morgan fingerprint density at radius 3 is 2.28 bits per heavy atom. The van der Waals surface area contributed by atoms with Crippen LogP contribution in [0.2, 0.25) is 5.02 Å². The molecule has 5 aliphatic rings. The van der Waals surface area contributed by atoms with Crippen LogP contribution < -0.4 is 15.4 Å². The summed E-state index contributed by atoms with van der Waals surface area (Å²) in [6.45, 7) is 3.76. The van der Waals surface area contributed by atoms with Crippen LogP contribution in [-0.4, -0.2) is 107 Å². The van der Waals surface area contributed by atoms with Gasteiger partial charge in [0, 0.05) is 38.2 Å². The highest BCUT2D eigenvalue weighted by atomic mass is 35.5. The Labute approximate surface area is 340 Å². The number of nitriles is 1. The van der Waals surface area contributed by atoms with Gasteiger partial charge in [0.05, 0.1) is 27.8 Å². The molecule has 16 heteroatoms. The second-order valence-corrected chi connectivity index (χ2v) is 16.2. The van der Waals surface area contributed by atoms with Gasteiger partial charge in [-0.25, -0.2) is 4.39 Å². The van der Waals surface area contributed by atoms with Gasteiger partial charge in [-0.05, 0) is 125 Å². The van der Waals surface area contributed by atoms with E-state index in [2.05, 4.69) is 15.5 Å². The number of likely N-dealkylation sites (tertiary alicyclic amines) is 2. The molecule has 0 aromatic heterocycles. The third-order valence-electron chi connectivity index (χ3n) is 12.1. The zero-order valence-corrected chi connectivity index (χ0v) is 32.8. The van der Waals surface area contributed by atoms with E-state index < -0.39 is 41.4 Å². The molecule has 304 valence electrons. The molecule has 58 heavy (non-hydrogen) atoms. The number of benzene rings is 2. The van der Waals surface area contributed by atoms with Crippen molar-refractivity contribution in [2.45, 2.75) is 88.3 Å².